The topological polar surface area (TPSA) is 85.8 Å². The molecule has 1 saturated heterocycles. The summed E-state index contributed by atoms with van der Waals surface area (Å²) in [7, 11) is 1.54. The number of hydrogen-bond acceptors (Lipinski definition) is 3. The highest BCUT2D eigenvalue weighted by molar-refractivity contribution is 14.0. The van der Waals surface area contributed by atoms with Crippen molar-refractivity contribution in [3.8, 4) is 0 Å². The van der Waals surface area contributed by atoms with E-state index < -0.39 is 29.0 Å². The van der Waals surface area contributed by atoms with Crippen LogP contribution in [0.1, 0.15) is 38.5 Å². The molecule has 7 nitrogen and oxygen atoms in total. The minimum atomic E-state index is -1.64. The van der Waals surface area contributed by atoms with Crippen LogP contribution in [-0.4, -0.2) is 55.4 Å². The van der Waals surface area contributed by atoms with Crippen LogP contribution >= 0.6 is 24.0 Å². The molecule has 2 amide bonds. The van der Waals surface area contributed by atoms with Gasteiger partial charge in [-0.3, -0.25) is 14.6 Å². The van der Waals surface area contributed by atoms with Gasteiger partial charge in [0, 0.05) is 32.1 Å². The second kappa shape index (κ2) is 12.3. The Morgan fingerprint density at radius 1 is 1.09 bits per heavy atom. The standard InChI is InChI=1S/C21H28F3N5O2.HI/c1-25-21(26-11-17(30)28-16-8-7-15(22)18(23)19(16)24)27-14-9-10-29(12-14)20(31)13-5-3-2-4-6-13;/h7-8,13-14H,2-6,9-12H2,1H3,(H,28,30)(H2,25,26,27);1H. The first-order chi connectivity index (χ1) is 14.9. The molecule has 0 spiro atoms. The fourth-order valence-electron chi connectivity index (χ4n) is 4.05. The number of likely N-dealkylation sites (tertiary alicyclic amines) is 1. The average Bonchev–Trinajstić information content (AvgIpc) is 3.25. The zero-order valence-corrected chi connectivity index (χ0v) is 20.3. The number of carbonyl (C=O) groups excluding carboxylic acids is 2. The van der Waals surface area contributed by atoms with E-state index in [0.29, 0.717) is 19.0 Å². The third-order valence-electron chi connectivity index (χ3n) is 5.74. The number of rotatable bonds is 5. The molecule has 1 saturated carbocycles. The van der Waals surface area contributed by atoms with Crippen LogP contribution in [0.25, 0.3) is 0 Å². The molecule has 1 unspecified atom stereocenters. The molecule has 32 heavy (non-hydrogen) atoms. The lowest BCUT2D eigenvalue weighted by atomic mass is 9.88. The van der Waals surface area contributed by atoms with Gasteiger partial charge in [0.05, 0.1) is 12.2 Å². The molecule has 0 bridgehead atoms. The number of hydrogen-bond donors (Lipinski definition) is 3. The van der Waals surface area contributed by atoms with Crippen LogP contribution in [0, 0.1) is 23.4 Å². The molecular formula is C21H29F3IN5O2. The van der Waals surface area contributed by atoms with Gasteiger partial charge in [-0.1, -0.05) is 19.3 Å². The Morgan fingerprint density at radius 3 is 2.50 bits per heavy atom. The molecule has 3 rings (SSSR count). The number of amides is 2. The molecular weight excluding hydrogens is 538 g/mol. The van der Waals surface area contributed by atoms with Gasteiger partial charge in [-0.15, -0.1) is 24.0 Å². The van der Waals surface area contributed by atoms with Gasteiger partial charge in [0.15, 0.2) is 23.4 Å². The van der Waals surface area contributed by atoms with Crippen molar-refractivity contribution in [2.75, 3.05) is 32.0 Å². The maximum atomic E-state index is 13.7. The summed E-state index contributed by atoms with van der Waals surface area (Å²) in [5.41, 5.74) is -0.443. The number of nitrogens with one attached hydrogen (secondary N) is 3. The fourth-order valence-corrected chi connectivity index (χ4v) is 4.05. The smallest absolute Gasteiger partial charge is 0.243 e. The van der Waals surface area contributed by atoms with Crippen molar-refractivity contribution < 1.29 is 22.8 Å². The second-order valence-electron chi connectivity index (χ2n) is 7.95. The lowest BCUT2D eigenvalue weighted by Gasteiger charge is -2.26. The lowest BCUT2D eigenvalue weighted by molar-refractivity contribution is -0.135. The zero-order chi connectivity index (χ0) is 22.4. The molecule has 1 aromatic carbocycles. The van der Waals surface area contributed by atoms with Crippen LogP contribution in [0.4, 0.5) is 18.9 Å². The zero-order valence-electron chi connectivity index (χ0n) is 17.9. The Bertz CT molecular complexity index is 849. The lowest BCUT2D eigenvalue weighted by Crippen LogP contribution is -2.47. The highest BCUT2D eigenvalue weighted by Gasteiger charge is 2.31. The number of halogens is 4. The summed E-state index contributed by atoms with van der Waals surface area (Å²) in [6, 6.07) is 1.70. The highest BCUT2D eigenvalue weighted by atomic mass is 127. The predicted molar refractivity (Wildman–Crippen MR) is 126 cm³/mol. The van der Waals surface area contributed by atoms with Gasteiger partial charge in [-0.2, -0.15) is 0 Å². The Labute approximate surface area is 202 Å². The molecule has 1 aliphatic carbocycles. The summed E-state index contributed by atoms with van der Waals surface area (Å²) in [6.07, 6.45) is 6.12. The van der Waals surface area contributed by atoms with Crippen molar-refractivity contribution in [1.29, 1.82) is 0 Å². The number of benzene rings is 1. The Kier molecular flexibility index (Phi) is 10.0. The van der Waals surface area contributed by atoms with Crippen molar-refractivity contribution in [1.82, 2.24) is 15.5 Å². The summed E-state index contributed by atoms with van der Waals surface area (Å²) in [4.78, 5) is 30.7. The van der Waals surface area contributed by atoms with Gasteiger partial charge in [-0.05, 0) is 31.4 Å². The van der Waals surface area contributed by atoms with E-state index in [9.17, 15) is 22.8 Å². The molecule has 1 aromatic rings. The van der Waals surface area contributed by atoms with Crippen LogP contribution in [0.2, 0.25) is 0 Å². The monoisotopic (exact) mass is 567 g/mol. The number of guanidine groups is 1. The van der Waals surface area contributed by atoms with Crippen LogP contribution in [-0.2, 0) is 9.59 Å². The van der Waals surface area contributed by atoms with Gasteiger partial charge >= 0.3 is 0 Å². The van der Waals surface area contributed by atoms with Crippen LogP contribution in [0.15, 0.2) is 17.1 Å². The van der Waals surface area contributed by atoms with Crippen molar-refractivity contribution in [3.63, 3.8) is 0 Å². The van der Waals surface area contributed by atoms with E-state index in [4.69, 9.17) is 0 Å². The van der Waals surface area contributed by atoms with Crippen molar-refractivity contribution in [2.24, 2.45) is 10.9 Å². The Morgan fingerprint density at radius 2 is 1.81 bits per heavy atom. The summed E-state index contributed by atoms with van der Waals surface area (Å²) in [6.45, 7) is 0.998. The molecule has 0 aromatic heterocycles. The van der Waals surface area contributed by atoms with Crippen molar-refractivity contribution >= 4 is 47.4 Å². The first-order valence-electron chi connectivity index (χ1n) is 10.6. The van der Waals surface area contributed by atoms with E-state index in [-0.39, 0.29) is 48.4 Å². The van der Waals surface area contributed by atoms with E-state index in [2.05, 4.69) is 20.9 Å². The maximum absolute atomic E-state index is 13.7. The van der Waals surface area contributed by atoms with Crippen molar-refractivity contribution in [2.45, 2.75) is 44.6 Å². The summed E-state index contributed by atoms with van der Waals surface area (Å²) in [5.74, 6) is -4.36. The minimum Gasteiger partial charge on any atom is -0.352 e. The summed E-state index contributed by atoms with van der Waals surface area (Å²) < 4.78 is 39.9. The fraction of sp³-hybridized carbons (Fsp3) is 0.571. The second-order valence-corrected chi connectivity index (χ2v) is 7.95. The molecule has 2 aliphatic rings. The number of carbonyl (C=O) groups is 2. The van der Waals surface area contributed by atoms with Crippen molar-refractivity contribution in [3.05, 3.63) is 29.6 Å². The van der Waals surface area contributed by atoms with Crippen LogP contribution in [0.3, 0.4) is 0 Å². The first-order valence-corrected chi connectivity index (χ1v) is 10.6. The first kappa shape index (κ1) is 26.2. The van der Waals surface area contributed by atoms with E-state index >= 15 is 0 Å². The van der Waals surface area contributed by atoms with Crippen LogP contribution < -0.4 is 16.0 Å². The van der Waals surface area contributed by atoms with Gasteiger partial charge in [0.2, 0.25) is 11.8 Å². The molecule has 2 fully saturated rings. The van der Waals surface area contributed by atoms with Gasteiger partial charge in [-0.25, -0.2) is 13.2 Å². The van der Waals surface area contributed by atoms with Gasteiger partial charge in [0.25, 0.3) is 0 Å². The molecule has 1 heterocycles. The van der Waals surface area contributed by atoms with E-state index in [1.807, 2.05) is 4.90 Å². The summed E-state index contributed by atoms with van der Waals surface area (Å²) in [5, 5.41) is 8.18. The molecule has 1 aliphatic heterocycles. The quantitative estimate of drug-likeness (QED) is 0.221. The third kappa shape index (κ3) is 6.72. The number of anilines is 1. The normalized spacial score (nSPS) is 19.3. The van der Waals surface area contributed by atoms with E-state index in [0.717, 1.165) is 44.2 Å². The predicted octanol–water partition coefficient (Wildman–Crippen LogP) is 3.01. The Hall–Kier alpha value is -2.05. The maximum Gasteiger partial charge on any atom is 0.243 e. The third-order valence-corrected chi connectivity index (χ3v) is 5.74. The number of aliphatic imine (C=N–C) groups is 1. The number of nitrogens with zero attached hydrogens (tertiary/aromatic N) is 2. The average molecular weight is 567 g/mol. The SMILES string of the molecule is CN=C(NCC(=O)Nc1ccc(F)c(F)c1F)NC1CCN(C(=O)C2CCCCC2)C1.I. The Balaban J connectivity index is 0.00000363. The van der Waals surface area contributed by atoms with E-state index in [1.165, 1.54) is 6.42 Å². The van der Waals surface area contributed by atoms with E-state index in [1.54, 1.807) is 7.05 Å². The largest absolute Gasteiger partial charge is 0.352 e. The van der Waals surface area contributed by atoms with Crippen LogP contribution in [0.5, 0.6) is 0 Å². The molecule has 1 atom stereocenters. The molecule has 11 heteroatoms. The molecule has 0 radical (unpaired) electrons. The molecule has 3 N–H and O–H groups in total. The minimum absolute atomic E-state index is 0. The summed E-state index contributed by atoms with van der Waals surface area (Å²) >= 11 is 0. The van der Waals surface area contributed by atoms with Gasteiger partial charge in [0.1, 0.15) is 0 Å². The molecule has 178 valence electrons. The highest BCUT2D eigenvalue weighted by Crippen LogP contribution is 2.26. The van der Waals surface area contributed by atoms with Gasteiger partial charge < -0.3 is 20.9 Å².